The van der Waals surface area contributed by atoms with E-state index in [2.05, 4.69) is 0 Å². The molecule has 124 valence electrons. The number of fused-ring (bicyclic) bond motifs is 2. The van der Waals surface area contributed by atoms with E-state index in [1.54, 1.807) is 24.3 Å². The number of nitrogens with zero attached hydrogens (tertiary/aromatic N) is 2. The van der Waals surface area contributed by atoms with E-state index in [1.807, 2.05) is 0 Å². The van der Waals surface area contributed by atoms with Gasteiger partial charge in [0.25, 0.3) is 11.8 Å². The third kappa shape index (κ3) is 2.76. The molecule has 2 aromatic heterocycles. The quantitative estimate of drug-likeness (QED) is 0.631. The van der Waals surface area contributed by atoms with Gasteiger partial charge in [0.1, 0.15) is 0 Å². The molecule has 1 aromatic carbocycles. The molecule has 0 aliphatic rings. The first kappa shape index (κ1) is 16.5. The van der Waals surface area contributed by atoms with Gasteiger partial charge in [0.05, 0.1) is 22.5 Å². The second-order valence-electron chi connectivity index (χ2n) is 4.73. The van der Waals surface area contributed by atoms with E-state index in [9.17, 15) is 27.1 Å². The van der Waals surface area contributed by atoms with E-state index < -0.39 is 28.4 Å². The monoisotopic (exact) mass is 364 g/mol. The third-order valence-electron chi connectivity index (χ3n) is 3.38. The van der Waals surface area contributed by atoms with E-state index >= 15 is 0 Å². The summed E-state index contributed by atoms with van der Waals surface area (Å²) in [7, 11) is 0. The fourth-order valence-corrected chi connectivity index (χ4v) is 3.19. The number of amides is 1. The smallest absolute Gasteiger partial charge is 0.276 e. The zero-order valence-corrected chi connectivity index (χ0v) is 13.4. The van der Waals surface area contributed by atoms with Crippen LogP contribution in [0.15, 0.2) is 48.5 Å². The highest BCUT2D eigenvalue weighted by Crippen LogP contribution is 2.19. The number of hydrogen-bond acceptors (Lipinski definition) is 6. The van der Waals surface area contributed by atoms with Crippen molar-refractivity contribution in [2.24, 2.45) is 0 Å². The zero-order valence-electron chi connectivity index (χ0n) is 11.8. The van der Waals surface area contributed by atoms with Gasteiger partial charge < -0.3 is 9.11 Å². The van der Waals surface area contributed by atoms with Gasteiger partial charge in [-0.3, -0.25) is 22.6 Å². The van der Waals surface area contributed by atoms with Crippen LogP contribution in [0, 0.1) is 0 Å². The molecule has 0 spiro atoms. The van der Waals surface area contributed by atoms with Gasteiger partial charge in [-0.15, -0.1) is 0 Å². The van der Waals surface area contributed by atoms with Gasteiger partial charge >= 0.3 is 0 Å². The average molecular weight is 364 g/mol. The van der Waals surface area contributed by atoms with Crippen LogP contribution in [0.25, 0.3) is 11.0 Å². The minimum absolute atomic E-state index is 0.180. The van der Waals surface area contributed by atoms with Crippen LogP contribution in [0.4, 0.5) is 0 Å². The first-order valence-corrected chi connectivity index (χ1v) is 8.54. The maximum absolute atomic E-state index is 12.5. The van der Waals surface area contributed by atoms with Crippen LogP contribution in [-0.4, -0.2) is 37.6 Å². The van der Waals surface area contributed by atoms with E-state index in [0.29, 0.717) is 0 Å². The van der Waals surface area contributed by atoms with E-state index in [4.69, 9.17) is 0 Å². The molecule has 2 atom stereocenters. The van der Waals surface area contributed by atoms with Crippen molar-refractivity contribution in [3.05, 3.63) is 59.7 Å². The lowest BCUT2D eigenvalue weighted by Crippen LogP contribution is -2.34. The van der Waals surface area contributed by atoms with Crippen LogP contribution < -0.4 is 0 Å². The number of carbonyl (C=O) groups excluding carboxylic acids is 2. The van der Waals surface area contributed by atoms with Gasteiger partial charge in [0, 0.05) is 22.2 Å². The molecule has 1 amide bonds. The van der Waals surface area contributed by atoms with Crippen molar-refractivity contribution in [1.82, 2.24) is 8.28 Å². The number of aromatic nitrogens is 1. The Labute approximate surface area is 140 Å². The number of benzene rings is 2. The number of rotatable bonds is 4. The molecule has 2 bridgehead atoms. The lowest BCUT2D eigenvalue weighted by molar-refractivity contribution is 0.0915. The number of carbonyl (C=O) groups is 2. The first-order valence-electron chi connectivity index (χ1n) is 6.48. The number of hydrogen-bond donors (Lipinski definition) is 0. The molecule has 0 aliphatic heterocycles. The molecule has 2 unspecified atom stereocenters. The molecule has 8 nitrogen and oxygen atoms in total. The molecule has 2 heterocycles. The van der Waals surface area contributed by atoms with Crippen LogP contribution in [0.3, 0.4) is 0 Å². The summed E-state index contributed by atoms with van der Waals surface area (Å²) in [6, 6.07) is 12.2. The molecule has 0 saturated heterocycles. The highest BCUT2D eigenvalue weighted by molar-refractivity contribution is 7.93. The van der Waals surface area contributed by atoms with Crippen molar-refractivity contribution >= 4 is 45.4 Å². The van der Waals surface area contributed by atoms with Gasteiger partial charge in [0.2, 0.25) is 0 Å². The SMILES string of the molecule is O=C(c1ccc(C(=O)n2c3ccc2cc3)cc1)N(S(=O)[O-])S(=O)[O-]. The van der Waals surface area contributed by atoms with E-state index in [0.717, 1.165) is 11.0 Å². The van der Waals surface area contributed by atoms with Crippen molar-refractivity contribution in [2.75, 3.05) is 0 Å². The predicted molar refractivity (Wildman–Crippen MR) is 83.3 cm³/mol. The minimum atomic E-state index is -3.26. The van der Waals surface area contributed by atoms with E-state index in [-0.39, 0.29) is 20.7 Å². The van der Waals surface area contributed by atoms with Crippen LogP contribution in [-0.2, 0) is 22.5 Å². The summed E-state index contributed by atoms with van der Waals surface area (Å²) >= 11 is -6.52. The Bertz CT molecular complexity index is 903. The topological polar surface area (TPSA) is 123 Å². The van der Waals surface area contributed by atoms with Crippen molar-refractivity contribution in [1.29, 1.82) is 0 Å². The maximum atomic E-state index is 12.5. The Balaban J connectivity index is 1.88. The van der Waals surface area contributed by atoms with Crippen molar-refractivity contribution in [3.8, 4) is 0 Å². The second-order valence-corrected chi connectivity index (χ2v) is 6.56. The summed E-state index contributed by atoms with van der Waals surface area (Å²) < 4.78 is 44.4. The van der Waals surface area contributed by atoms with Gasteiger partial charge in [0.15, 0.2) is 0 Å². The fraction of sp³-hybridized carbons (Fsp3) is 0. The highest BCUT2D eigenvalue weighted by atomic mass is 32.3. The summed E-state index contributed by atoms with van der Waals surface area (Å²) in [5, 5.41) is 0. The summed E-state index contributed by atoms with van der Waals surface area (Å²) in [4.78, 5) is 24.3. The molecule has 0 N–H and O–H groups in total. The largest absolute Gasteiger partial charge is 0.754 e. The average Bonchev–Trinajstić information content (AvgIpc) is 3.13. The van der Waals surface area contributed by atoms with Gasteiger partial charge in [-0.05, 0) is 48.5 Å². The standard InChI is InChI=1S/C14H10N2O6S2/c17-13(15-11-5-6-12(15)8-7-11)9-1-3-10(4-2-9)14(18)16(23(19)20)24(21)22/h1-8H,(H,19,20)(H,21,22)/p-2. The Morgan fingerprint density at radius 2 is 1.21 bits per heavy atom. The Hall–Kier alpha value is -2.40. The zero-order chi connectivity index (χ0) is 17.4. The molecule has 3 rings (SSSR count). The summed E-state index contributed by atoms with van der Waals surface area (Å²) in [5.41, 5.74) is 1.54. The van der Waals surface area contributed by atoms with Crippen molar-refractivity contribution in [3.63, 3.8) is 0 Å². The molecule has 10 heteroatoms. The van der Waals surface area contributed by atoms with Crippen molar-refractivity contribution in [2.45, 2.75) is 0 Å². The third-order valence-corrected chi connectivity index (χ3v) is 4.99. The molecular formula is C14H8N2O6S2-2. The fourth-order valence-electron chi connectivity index (χ4n) is 2.31. The second kappa shape index (κ2) is 6.24. The van der Waals surface area contributed by atoms with Crippen LogP contribution in [0.1, 0.15) is 20.7 Å². The van der Waals surface area contributed by atoms with E-state index in [1.165, 1.54) is 28.8 Å². The Morgan fingerprint density at radius 3 is 1.62 bits per heavy atom. The Kier molecular flexibility index (Phi) is 4.28. The Morgan fingerprint density at radius 1 is 0.792 bits per heavy atom. The molecule has 0 aliphatic carbocycles. The van der Waals surface area contributed by atoms with Crippen LogP contribution in [0.2, 0.25) is 0 Å². The van der Waals surface area contributed by atoms with Crippen molar-refractivity contribution < 1.29 is 27.1 Å². The molecule has 0 saturated carbocycles. The molecular weight excluding hydrogens is 356 g/mol. The van der Waals surface area contributed by atoms with Crippen LogP contribution in [0.5, 0.6) is 0 Å². The lowest BCUT2D eigenvalue weighted by Gasteiger charge is -2.25. The lowest BCUT2D eigenvalue weighted by atomic mass is 10.1. The van der Waals surface area contributed by atoms with Gasteiger partial charge in [-0.1, -0.05) is 0 Å². The van der Waals surface area contributed by atoms with Gasteiger partial charge in [-0.2, -0.15) is 3.71 Å². The molecule has 3 aromatic rings. The highest BCUT2D eigenvalue weighted by Gasteiger charge is 2.19. The normalized spacial score (nSPS) is 13.8. The van der Waals surface area contributed by atoms with Gasteiger partial charge in [-0.25, -0.2) is 0 Å². The summed E-state index contributed by atoms with van der Waals surface area (Å²) in [6.07, 6.45) is 0. The summed E-state index contributed by atoms with van der Waals surface area (Å²) in [5.74, 6) is -1.55. The molecule has 0 fully saturated rings. The molecule has 0 radical (unpaired) electrons. The predicted octanol–water partition coefficient (Wildman–Crippen LogP) is 0.798. The summed E-state index contributed by atoms with van der Waals surface area (Å²) in [6.45, 7) is 0. The van der Waals surface area contributed by atoms with Crippen LogP contribution >= 0.6 is 0 Å². The molecule has 24 heavy (non-hydrogen) atoms. The first-order chi connectivity index (χ1) is 11.4. The maximum Gasteiger partial charge on any atom is 0.276 e. The minimum Gasteiger partial charge on any atom is -0.754 e.